The van der Waals surface area contributed by atoms with Crippen molar-refractivity contribution in [2.24, 2.45) is 0 Å². The minimum Gasteiger partial charge on any atom is -0.506 e. The second-order valence-electron chi connectivity index (χ2n) is 12.5. The van der Waals surface area contributed by atoms with E-state index in [-0.39, 0.29) is 11.3 Å². The van der Waals surface area contributed by atoms with Gasteiger partial charge in [0.05, 0.1) is 31.4 Å². The lowest BCUT2D eigenvalue weighted by Gasteiger charge is -2.21. The zero-order valence-corrected chi connectivity index (χ0v) is 28.6. The molecule has 4 aromatic carbocycles. The van der Waals surface area contributed by atoms with E-state index < -0.39 is 18.2 Å². The standard InChI is InChI=1S/C41H47N3O6/c1-49-41(48)44-39(30-17-11-8-12-18-30)32-25-31(29-15-9-7-10-16-29)26-33(27-32)50-24-14-6-4-2-3-5-13-23-42-28-37(46)34-19-21-36(45)40-35(34)20-22-38(47)43-40/h7-12,15-22,25-27,37,39,42,45-46H,2-6,13-14,23-24,28H2,1H3,(H,43,47)(H,44,48)/t37-,39?/m0/s1. The molecule has 0 aliphatic rings. The highest BCUT2D eigenvalue weighted by Gasteiger charge is 2.19. The maximum Gasteiger partial charge on any atom is 0.407 e. The Bertz CT molecular complexity index is 1860. The van der Waals surface area contributed by atoms with Gasteiger partial charge in [0.2, 0.25) is 5.56 Å². The van der Waals surface area contributed by atoms with Gasteiger partial charge in [-0.25, -0.2) is 4.79 Å². The molecule has 262 valence electrons. The number of aliphatic hydroxyl groups excluding tert-OH is 1. The van der Waals surface area contributed by atoms with E-state index in [2.05, 4.69) is 39.9 Å². The smallest absolute Gasteiger partial charge is 0.407 e. The number of H-pyrrole nitrogens is 1. The molecule has 9 heteroatoms. The number of aliphatic hydroxyl groups is 1. The molecule has 2 atom stereocenters. The van der Waals surface area contributed by atoms with Crippen molar-refractivity contribution in [2.75, 3.05) is 26.8 Å². The number of unbranched alkanes of at least 4 members (excludes halogenated alkanes) is 6. The Morgan fingerprint density at radius 3 is 2.22 bits per heavy atom. The molecule has 50 heavy (non-hydrogen) atoms. The number of phenols is 1. The van der Waals surface area contributed by atoms with Crippen LogP contribution in [0.15, 0.2) is 108 Å². The maximum absolute atomic E-state index is 12.3. The molecule has 5 aromatic rings. The summed E-state index contributed by atoms with van der Waals surface area (Å²) in [5.74, 6) is 0.750. The molecule has 0 aliphatic heterocycles. The topological polar surface area (TPSA) is 133 Å². The number of amides is 1. The quantitative estimate of drug-likeness (QED) is 0.0599. The minimum atomic E-state index is -0.750. The Balaban J connectivity index is 1.04. The summed E-state index contributed by atoms with van der Waals surface area (Å²) in [5, 5.41) is 27.7. The van der Waals surface area contributed by atoms with Gasteiger partial charge >= 0.3 is 6.09 Å². The number of alkyl carbamates (subject to hydrolysis) is 1. The van der Waals surface area contributed by atoms with E-state index in [1.54, 1.807) is 12.1 Å². The van der Waals surface area contributed by atoms with E-state index in [1.165, 1.54) is 19.2 Å². The summed E-state index contributed by atoms with van der Waals surface area (Å²) in [4.78, 5) is 26.6. The molecule has 9 nitrogen and oxygen atoms in total. The van der Waals surface area contributed by atoms with Crippen LogP contribution in [0.1, 0.15) is 73.8 Å². The van der Waals surface area contributed by atoms with Crippen LogP contribution in [-0.4, -0.2) is 48.1 Å². The van der Waals surface area contributed by atoms with Gasteiger partial charge in [0.25, 0.3) is 0 Å². The lowest BCUT2D eigenvalue weighted by molar-refractivity contribution is 0.168. The monoisotopic (exact) mass is 677 g/mol. The minimum absolute atomic E-state index is 0.0135. The predicted molar refractivity (Wildman–Crippen MR) is 198 cm³/mol. The average Bonchev–Trinajstić information content (AvgIpc) is 3.15. The first-order valence-corrected chi connectivity index (χ1v) is 17.4. The Labute approximate surface area is 293 Å². The Hall–Kier alpha value is -5.12. The van der Waals surface area contributed by atoms with Crippen molar-refractivity contribution in [3.8, 4) is 22.6 Å². The number of ether oxygens (including phenoxy) is 2. The SMILES string of the molecule is COC(=O)NC(c1ccccc1)c1cc(OCCCCCCCCCNC[C@H](O)c2ccc(O)c3[nH]c(=O)ccc23)cc(-c2ccccc2)c1. The number of benzene rings is 4. The fourth-order valence-electron chi connectivity index (χ4n) is 6.17. The van der Waals surface area contributed by atoms with E-state index in [4.69, 9.17) is 9.47 Å². The Morgan fingerprint density at radius 1 is 0.780 bits per heavy atom. The summed E-state index contributed by atoms with van der Waals surface area (Å²) in [6.07, 6.45) is 6.37. The number of pyridine rings is 1. The molecule has 1 aromatic heterocycles. The molecule has 0 fully saturated rings. The summed E-state index contributed by atoms with van der Waals surface area (Å²) in [6, 6.07) is 32.0. The first-order valence-electron chi connectivity index (χ1n) is 17.4. The summed E-state index contributed by atoms with van der Waals surface area (Å²) < 4.78 is 11.2. The number of aromatic hydroxyl groups is 1. The molecule has 0 radical (unpaired) electrons. The van der Waals surface area contributed by atoms with Crippen molar-refractivity contribution in [3.63, 3.8) is 0 Å². The number of aromatic amines is 1. The van der Waals surface area contributed by atoms with Gasteiger partial charge in [-0.2, -0.15) is 0 Å². The summed E-state index contributed by atoms with van der Waals surface area (Å²) in [5.41, 5.74) is 4.66. The van der Waals surface area contributed by atoms with Gasteiger partial charge < -0.3 is 35.3 Å². The second kappa shape index (κ2) is 18.6. The molecule has 1 amide bonds. The van der Waals surface area contributed by atoms with E-state index in [0.717, 1.165) is 79.5 Å². The van der Waals surface area contributed by atoms with Crippen LogP contribution in [0.5, 0.6) is 11.5 Å². The molecule has 1 heterocycles. The first-order chi connectivity index (χ1) is 24.4. The normalized spacial score (nSPS) is 12.4. The van der Waals surface area contributed by atoms with E-state index in [9.17, 15) is 19.8 Å². The van der Waals surface area contributed by atoms with Crippen molar-refractivity contribution in [2.45, 2.75) is 57.1 Å². The highest BCUT2D eigenvalue weighted by Crippen LogP contribution is 2.32. The van der Waals surface area contributed by atoms with Crippen LogP contribution in [0.2, 0.25) is 0 Å². The van der Waals surface area contributed by atoms with Crippen LogP contribution in [0.4, 0.5) is 4.79 Å². The number of hydrogen-bond donors (Lipinski definition) is 5. The number of carbonyl (C=O) groups excluding carboxylic acids is 1. The van der Waals surface area contributed by atoms with Crippen LogP contribution in [0.25, 0.3) is 22.0 Å². The number of nitrogens with one attached hydrogen (secondary N) is 3. The third-order valence-corrected chi connectivity index (χ3v) is 8.82. The van der Waals surface area contributed by atoms with Crippen molar-refractivity contribution >= 4 is 17.0 Å². The van der Waals surface area contributed by atoms with Gasteiger partial charge in [0, 0.05) is 18.0 Å². The summed E-state index contributed by atoms with van der Waals surface area (Å²) >= 11 is 0. The summed E-state index contributed by atoms with van der Waals surface area (Å²) in [7, 11) is 1.37. The number of aromatic nitrogens is 1. The van der Waals surface area contributed by atoms with Crippen LogP contribution < -0.4 is 20.9 Å². The van der Waals surface area contributed by atoms with E-state index >= 15 is 0 Å². The lowest BCUT2D eigenvalue weighted by Crippen LogP contribution is -2.29. The molecule has 5 N–H and O–H groups in total. The molecule has 0 aliphatic carbocycles. The second-order valence-corrected chi connectivity index (χ2v) is 12.5. The van der Waals surface area contributed by atoms with Crippen molar-refractivity contribution in [1.29, 1.82) is 0 Å². The Kier molecular flexibility index (Phi) is 13.4. The third kappa shape index (κ3) is 10.2. The number of hydrogen-bond acceptors (Lipinski definition) is 7. The van der Waals surface area contributed by atoms with Crippen LogP contribution in [-0.2, 0) is 4.74 Å². The molecular weight excluding hydrogens is 630 g/mol. The van der Waals surface area contributed by atoms with Crippen molar-refractivity contribution in [3.05, 3.63) is 130 Å². The van der Waals surface area contributed by atoms with Gasteiger partial charge in [-0.05, 0) is 77.5 Å². The number of rotatable bonds is 18. The largest absolute Gasteiger partial charge is 0.506 e. The van der Waals surface area contributed by atoms with Crippen LogP contribution in [0, 0.1) is 0 Å². The zero-order chi connectivity index (χ0) is 35.1. The molecule has 0 spiro atoms. The molecule has 0 saturated heterocycles. The molecule has 0 bridgehead atoms. The number of fused-ring (bicyclic) bond motifs is 1. The van der Waals surface area contributed by atoms with Crippen molar-refractivity contribution < 1.29 is 24.5 Å². The zero-order valence-electron chi connectivity index (χ0n) is 28.6. The van der Waals surface area contributed by atoms with Gasteiger partial charge in [0.1, 0.15) is 11.5 Å². The third-order valence-electron chi connectivity index (χ3n) is 8.82. The lowest BCUT2D eigenvalue weighted by atomic mass is 9.94. The van der Waals surface area contributed by atoms with Gasteiger partial charge in [-0.1, -0.05) is 98.8 Å². The van der Waals surface area contributed by atoms with Gasteiger partial charge in [-0.3, -0.25) is 4.79 Å². The highest BCUT2D eigenvalue weighted by molar-refractivity contribution is 5.87. The summed E-state index contributed by atoms with van der Waals surface area (Å²) in [6.45, 7) is 1.81. The van der Waals surface area contributed by atoms with Gasteiger partial charge in [-0.15, -0.1) is 0 Å². The molecule has 5 rings (SSSR count). The molecule has 0 saturated carbocycles. The van der Waals surface area contributed by atoms with E-state index in [0.29, 0.717) is 29.6 Å². The van der Waals surface area contributed by atoms with Crippen LogP contribution in [0.3, 0.4) is 0 Å². The predicted octanol–water partition coefficient (Wildman–Crippen LogP) is 7.78. The average molecular weight is 678 g/mol. The number of carbonyl (C=O) groups is 1. The Morgan fingerprint density at radius 2 is 1.48 bits per heavy atom. The number of methoxy groups -OCH3 is 1. The fourth-order valence-corrected chi connectivity index (χ4v) is 6.17. The first kappa shape index (κ1) is 36.2. The van der Waals surface area contributed by atoms with Gasteiger partial charge in [0.15, 0.2) is 0 Å². The fraction of sp³-hybridized carbons (Fsp3) is 0.317. The molecule has 1 unspecified atom stereocenters. The van der Waals surface area contributed by atoms with E-state index in [1.807, 2.05) is 54.6 Å². The molecular formula is C41H47N3O6. The highest BCUT2D eigenvalue weighted by atomic mass is 16.5. The number of phenolic OH excluding ortho intramolecular Hbond substituents is 1. The van der Waals surface area contributed by atoms with Crippen molar-refractivity contribution in [1.82, 2.24) is 15.6 Å². The van der Waals surface area contributed by atoms with Crippen LogP contribution >= 0.6 is 0 Å². The maximum atomic E-state index is 12.3.